The molecular formula is C13H25NO2S. The summed E-state index contributed by atoms with van der Waals surface area (Å²) in [6.45, 7) is 6.10. The van der Waals surface area contributed by atoms with E-state index in [1.54, 1.807) is 0 Å². The van der Waals surface area contributed by atoms with Gasteiger partial charge in [0.05, 0.1) is 12.7 Å². The summed E-state index contributed by atoms with van der Waals surface area (Å²) in [6, 6.07) is 0.534. The molecule has 0 amide bonds. The molecular weight excluding hydrogens is 234 g/mol. The van der Waals surface area contributed by atoms with E-state index in [-0.39, 0.29) is 0 Å². The van der Waals surface area contributed by atoms with Crippen molar-refractivity contribution in [3.8, 4) is 0 Å². The number of rotatable bonds is 5. The SMILES string of the molecule is CCCNC(C1CCOCC1)C1CSCCO1. The molecule has 2 rings (SSSR count). The molecule has 2 fully saturated rings. The van der Waals surface area contributed by atoms with Crippen LogP contribution in [0.15, 0.2) is 0 Å². The molecule has 0 radical (unpaired) electrons. The van der Waals surface area contributed by atoms with E-state index in [9.17, 15) is 0 Å². The Kier molecular flexibility index (Phi) is 6.12. The minimum atomic E-state index is 0.406. The lowest BCUT2D eigenvalue weighted by atomic mass is 9.88. The van der Waals surface area contributed by atoms with E-state index in [0.717, 1.165) is 43.8 Å². The fraction of sp³-hybridized carbons (Fsp3) is 1.00. The summed E-state index contributed by atoms with van der Waals surface area (Å²) >= 11 is 2.03. The summed E-state index contributed by atoms with van der Waals surface area (Å²) in [5.41, 5.74) is 0. The smallest absolute Gasteiger partial charge is 0.0821 e. The monoisotopic (exact) mass is 259 g/mol. The van der Waals surface area contributed by atoms with E-state index >= 15 is 0 Å². The summed E-state index contributed by atoms with van der Waals surface area (Å²) in [5.74, 6) is 3.04. The second-order valence-electron chi connectivity index (χ2n) is 4.91. The minimum absolute atomic E-state index is 0.406. The van der Waals surface area contributed by atoms with E-state index in [0.29, 0.717) is 12.1 Å². The van der Waals surface area contributed by atoms with Crippen LogP contribution in [0, 0.1) is 5.92 Å². The van der Waals surface area contributed by atoms with Crippen molar-refractivity contribution in [2.45, 2.75) is 38.3 Å². The van der Waals surface area contributed by atoms with Crippen LogP contribution in [-0.4, -0.2) is 50.0 Å². The van der Waals surface area contributed by atoms with Crippen molar-refractivity contribution in [3.63, 3.8) is 0 Å². The minimum Gasteiger partial charge on any atom is -0.381 e. The lowest BCUT2D eigenvalue weighted by Gasteiger charge is -2.37. The van der Waals surface area contributed by atoms with Crippen LogP contribution in [0.1, 0.15) is 26.2 Å². The average Bonchev–Trinajstić information content (AvgIpc) is 2.42. The molecule has 2 atom stereocenters. The maximum atomic E-state index is 5.97. The quantitative estimate of drug-likeness (QED) is 0.817. The highest BCUT2D eigenvalue weighted by molar-refractivity contribution is 7.99. The maximum absolute atomic E-state index is 5.97. The molecule has 0 aromatic carbocycles. The first-order valence-corrected chi connectivity index (χ1v) is 8.07. The van der Waals surface area contributed by atoms with E-state index in [2.05, 4.69) is 12.2 Å². The standard InChI is InChI=1S/C13H25NO2S/c1-2-5-14-13(11-3-6-15-7-4-11)12-10-17-9-8-16-12/h11-14H,2-10H2,1H3. The zero-order chi connectivity index (χ0) is 11.9. The predicted octanol–water partition coefficient (Wildman–Crippen LogP) is 1.91. The lowest BCUT2D eigenvalue weighted by Crippen LogP contribution is -2.50. The van der Waals surface area contributed by atoms with E-state index in [1.165, 1.54) is 19.3 Å². The molecule has 0 aliphatic carbocycles. The molecule has 2 saturated heterocycles. The lowest BCUT2D eigenvalue weighted by molar-refractivity contribution is -0.00405. The van der Waals surface area contributed by atoms with Gasteiger partial charge in [-0.1, -0.05) is 6.92 Å². The molecule has 100 valence electrons. The van der Waals surface area contributed by atoms with Gasteiger partial charge in [0.15, 0.2) is 0 Å². The Bertz CT molecular complexity index is 186. The molecule has 1 N–H and O–H groups in total. The zero-order valence-corrected chi connectivity index (χ0v) is 11.6. The van der Waals surface area contributed by atoms with Crippen molar-refractivity contribution < 1.29 is 9.47 Å². The van der Waals surface area contributed by atoms with Crippen LogP contribution < -0.4 is 5.32 Å². The van der Waals surface area contributed by atoms with Crippen molar-refractivity contribution in [1.29, 1.82) is 0 Å². The zero-order valence-electron chi connectivity index (χ0n) is 10.8. The Hall–Kier alpha value is 0.230. The number of nitrogens with one attached hydrogen (secondary N) is 1. The molecule has 17 heavy (non-hydrogen) atoms. The largest absolute Gasteiger partial charge is 0.381 e. The molecule has 2 unspecified atom stereocenters. The first-order chi connectivity index (χ1) is 8.42. The van der Waals surface area contributed by atoms with Crippen molar-refractivity contribution in [3.05, 3.63) is 0 Å². The first-order valence-electron chi connectivity index (χ1n) is 6.92. The van der Waals surface area contributed by atoms with Gasteiger partial charge in [-0.25, -0.2) is 0 Å². The van der Waals surface area contributed by atoms with Crippen LogP contribution in [0.3, 0.4) is 0 Å². The third kappa shape index (κ3) is 4.12. The van der Waals surface area contributed by atoms with Crippen molar-refractivity contribution in [1.82, 2.24) is 5.32 Å². The molecule has 4 heteroatoms. The van der Waals surface area contributed by atoms with Crippen LogP contribution in [-0.2, 0) is 9.47 Å². The van der Waals surface area contributed by atoms with Crippen LogP contribution >= 0.6 is 11.8 Å². The molecule has 0 saturated carbocycles. The van der Waals surface area contributed by atoms with Crippen molar-refractivity contribution >= 4 is 11.8 Å². The van der Waals surface area contributed by atoms with E-state index < -0.39 is 0 Å². The van der Waals surface area contributed by atoms with E-state index in [4.69, 9.17) is 9.47 Å². The predicted molar refractivity (Wildman–Crippen MR) is 72.7 cm³/mol. The maximum Gasteiger partial charge on any atom is 0.0821 e. The fourth-order valence-corrected chi connectivity index (χ4v) is 3.62. The summed E-state index contributed by atoms with van der Waals surface area (Å²) in [6.07, 6.45) is 3.97. The second kappa shape index (κ2) is 7.62. The Morgan fingerprint density at radius 1 is 1.29 bits per heavy atom. The molecule has 3 nitrogen and oxygen atoms in total. The topological polar surface area (TPSA) is 30.5 Å². The van der Waals surface area contributed by atoms with E-state index in [1.807, 2.05) is 11.8 Å². The number of hydrogen-bond donors (Lipinski definition) is 1. The number of ether oxygens (including phenoxy) is 2. The van der Waals surface area contributed by atoms with Crippen LogP contribution in [0.4, 0.5) is 0 Å². The Labute approximate surface area is 109 Å². The van der Waals surface area contributed by atoms with Gasteiger partial charge in [-0.2, -0.15) is 11.8 Å². The Balaban J connectivity index is 1.90. The average molecular weight is 259 g/mol. The highest BCUT2D eigenvalue weighted by Gasteiger charge is 2.32. The summed E-state index contributed by atoms with van der Waals surface area (Å²) in [4.78, 5) is 0. The van der Waals surface area contributed by atoms with Gasteiger partial charge in [0.2, 0.25) is 0 Å². The summed E-state index contributed by atoms with van der Waals surface area (Å²) in [5, 5.41) is 3.71. The van der Waals surface area contributed by atoms with Crippen LogP contribution in [0.2, 0.25) is 0 Å². The molecule has 0 bridgehead atoms. The third-order valence-electron chi connectivity index (χ3n) is 3.65. The van der Waals surface area contributed by atoms with Gasteiger partial charge in [-0.3, -0.25) is 0 Å². The van der Waals surface area contributed by atoms with Gasteiger partial charge in [-0.15, -0.1) is 0 Å². The van der Waals surface area contributed by atoms with Gasteiger partial charge in [-0.05, 0) is 31.7 Å². The summed E-state index contributed by atoms with van der Waals surface area (Å²) < 4.78 is 11.4. The highest BCUT2D eigenvalue weighted by atomic mass is 32.2. The third-order valence-corrected chi connectivity index (χ3v) is 4.67. The summed E-state index contributed by atoms with van der Waals surface area (Å²) in [7, 11) is 0. The van der Waals surface area contributed by atoms with Crippen molar-refractivity contribution in [2.75, 3.05) is 37.9 Å². The van der Waals surface area contributed by atoms with Gasteiger partial charge in [0.25, 0.3) is 0 Å². The molecule has 0 aromatic rings. The molecule has 2 heterocycles. The van der Waals surface area contributed by atoms with Crippen LogP contribution in [0.25, 0.3) is 0 Å². The molecule has 2 aliphatic heterocycles. The molecule has 0 aromatic heterocycles. The highest BCUT2D eigenvalue weighted by Crippen LogP contribution is 2.26. The van der Waals surface area contributed by atoms with Gasteiger partial charge >= 0.3 is 0 Å². The Morgan fingerprint density at radius 3 is 2.76 bits per heavy atom. The molecule has 0 spiro atoms. The molecule has 2 aliphatic rings. The number of hydrogen-bond acceptors (Lipinski definition) is 4. The fourth-order valence-electron chi connectivity index (χ4n) is 2.70. The Morgan fingerprint density at radius 2 is 2.12 bits per heavy atom. The number of thioether (sulfide) groups is 1. The second-order valence-corrected chi connectivity index (χ2v) is 6.06. The normalized spacial score (nSPS) is 29.1. The first kappa shape index (κ1) is 13.7. The van der Waals surface area contributed by atoms with Gasteiger partial charge < -0.3 is 14.8 Å². The van der Waals surface area contributed by atoms with Gasteiger partial charge in [0, 0.05) is 30.8 Å². The van der Waals surface area contributed by atoms with Gasteiger partial charge in [0.1, 0.15) is 0 Å². The van der Waals surface area contributed by atoms with Crippen molar-refractivity contribution in [2.24, 2.45) is 5.92 Å². The van der Waals surface area contributed by atoms with Crippen LogP contribution in [0.5, 0.6) is 0 Å².